The minimum atomic E-state index is -3.51. The van der Waals surface area contributed by atoms with Crippen molar-refractivity contribution in [2.45, 2.75) is 47.7 Å². The van der Waals surface area contributed by atoms with Gasteiger partial charge in [0.05, 0.1) is 10.6 Å². The Labute approximate surface area is 180 Å². The molecule has 3 aliphatic rings. The second kappa shape index (κ2) is 7.97. The Morgan fingerprint density at radius 2 is 1.70 bits per heavy atom. The van der Waals surface area contributed by atoms with E-state index >= 15 is 0 Å². The molecular weight excluding hydrogens is 422 g/mol. The molecule has 1 saturated heterocycles. The number of sulfonamides is 1. The second-order valence-electron chi connectivity index (χ2n) is 8.10. The molecular formula is C20H25N5O3S2. The van der Waals surface area contributed by atoms with Gasteiger partial charge in [0.1, 0.15) is 5.82 Å². The maximum Gasteiger partial charge on any atom is 0.243 e. The van der Waals surface area contributed by atoms with Crippen LogP contribution in [-0.2, 0) is 14.8 Å². The molecule has 1 aromatic carbocycles. The lowest BCUT2D eigenvalue weighted by Crippen LogP contribution is -2.50. The van der Waals surface area contributed by atoms with Crippen LogP contribution < -0.4 is 0 Å². The van der Waals surface area contributed by atoms with Gasteiger partial charge in [-0.15, -0.1) is 10.2 Å². The van der Waals surface area contributed by atoms with E-state index in [0.717, 1.165) is 23.8 Å². The van der Waals surface area contributed by atoms with Crippen molar-refractivity contribution >= 4 is 27.7 Å². The summed E-state index contributed by atoms with van der Waals surface area (Å²) in [6, 6.07) is 8.95. The number of nitrogens with zero attached hydrogens (tertiary/aromatic N) is 5. The van der Waals surface area contributed by atoms with Crippen LogP contribution in [0, 0.1) is 0 Å². The number of hydrogen-bond acceptors (Lipinski definition) is 6. The smallest absolute Gasteiger partial charge is 0.243 e. The third-order valence-corrected chi connectivity index (χ3v) is 8.68. The molecule has 10 heteroatoms. The zero-order valence-electron chi connectivity index (χ0n) is 16.7. The van der Waals surface area contributed by atoms with Gasteiger partial charge in [0.2, 0.25) is 15.9 Å². The van der Waals surface area contributed by atoms with Crippen LogP contribution in [-0.4, -0.2) is 70.2 Å². The zero-order valence-corrected chi connectivity index (χ0v) is 18.3. The van der Waals surface area contributed by atoms with Crippen LogP contribution in [0.1, 0.15) is 43.5 Å². The summed E-state index contributed by atoms with van der Waals surface area (Å²) in [4.78, 5) is 14.8. The lowest BCUT2D eigenvalue weighted by Gasteiger charge is -2.34. The highest BCUT2D eigenvalue weighted by Gasteiger charge is 2.37. The molecule has 0 radical (unpaired) electrons. The number of amides is 1. The molecule has 1 aromatic heterocycles. The first-order valence-corrected chi connectivity index (χ1v) is 12.9. The minimum Gasteiger partial charge on any atom is -0.339 e. The van der Waals surface area contributed by atoms with E-state index in [-0.39, 0.29) is 5.91 Å². The number of benzene rings is 1. The summed E-state index contributed by atoms with van der Waals surface area (Å²) < 4.78 is 29.2. The number of hydrogen-bond donors (Lipinski definition) is 0. The number of rotatable bonds is 7. The summed E-state index contributed by atoms with van der Waals surface area (Å²) in [6.07, 6.45) is 4.70. The predicted molar refractivity (Wildman–Crippen MR) is 113 cm³/mol. The Morgan fingerprint density at radius 1 is 1.00 bits per heavy atom. The Hall–Kier alpha value is -1.91. The Bertz CT molecular complexity index is 1020. The average molecular weight is 448 g/mol. The second-order valence-corrected chi connectivity index (χ2v) is 11.0. The molecule has 0 bridgehead atoms. The first-order valence-electron chi connectivity index (χ1n) is 10.4. The van der Waals surface area contributed by atoms with Gasteiger partial charge < -0.3 is 9.47 Å². The van der Waals surface area contributed by atoms with Gasteiger partial charge in [0.25, 0.3) is 0 Å². The molecule has 0 N–H and O–H groups in total. The van der Waals surface area contributed by atoms with E-state index < -0.39 is 10.0 Å². The van der Waals surface area contributed by atoms with Gasteiger partial charge in [-0.25, -0.2) is 8.42 Å². The van der Waals surface area contributed by atoms with Crippen molar-refractivity contribution in [3.8, 4) is 0 Å². The minimum absolute atomic E-state index is 0.0232. The molecule has 1 aliphatic heterocycles. The first-order chi connectivity index (χ1) is 14.5. The number of aromatic nitrogens is 3. The van der Waals surface area contributed by atoms with Crippen molar-refractivity contribution in [3.63, 3.8) is 0 Å². The highest BCUT2D eigenvalue weighted by atomic mass is 32.2. The SMILES string of the molecule is O=C(CSc1nnc(C2CC2)n1C1CC1)N1CCN(S(=O)(=O)c2ccccc2)CC1. The molecule has 0 atom stereocenters. The first kappa shape index (κ1) is 20.0. The molecule has 1 amide bonds. The van der Waals surface area contributed by atoms with Crippen LogP contribution in [0.4, 0.5) is 0 Å². The summed E-state index contributed by atoms with van der Waals surface area (Å²) >= 11 is 1.45. The van der Waals surface area contributed by atoms with E-state index in [9.17, 15) is 13.2 Å². The number of thioether (sulfide) groups is 1. The van der Waals surface area contributed by atoms with E-state index in [1.54, 1.807) is 35.2 Å². The topological polar surface area (TPSA) is 88.4 Å². The van der Waals surface area contributed by atoms with Gasteiger partial charge in [-0.05, 0) is 37.8 Å². The molecule has 3 fully saturated rings. The Kier molecular flexibility index (Phi) is 5.32. The van der Waals surface area contributed by atoms with Crippen LogP contribution in [0.25, 0.3) is 0 Å². The summed E-state index contributed by atoms with van der Waals surface area (Å²) in [5.74, 6) is 1.96. The van der Waals surface area contributed by atoms with Crippen LogP contribution in [0.15, 0.2) is 40.4 Å². The molecule has 5 rings (SSSR count). The molecule has 160 valence electrons. The van der Waals surface area contributed by atoms with Crippen LogP contribution in [0.2, 0.25) is 0 Å². The fraction of sp³-hybridized carbons (Fsp3) is 0.550. The van der Waals surface area contributed by atoms with Crippen LogP contribution in [0.5, 0.6) is 0 Å². The third kappa shape index (κ3) is 4.00. The summed E-state index contributed by atoms with van der Waals surface area (Å²) in [6.45, 7) is 1.46. The van der Waals surface area contributed by atoms with Gasteiger partial charge in [0, 0.05) is 38.1 Å². The van der Waals surface area contributed by atoms with Crippen LogP contribution >= 0.6 is 11.8 Å². The Balaban J connectivity index is 1.17. The highest BCUT2D eigenvalue weighted by Crippen LogP contribution is 2.46. The number of carbonyl (C=O) groups is 1. The molecule has 8 nitrogen and oxygen atoms in total. The Morgan fingerprint density at radius 3 is 2.33 bits per heavy atom. The van der Waals surface area contributed by atoms with Gasteiger partial charge in [0.15, 0.2) is 5.16 Å². The van der Waals surface area contributed by atoms with Crippen molar-refractivity contribution < 1.29 is 13.2 Å². The van der Waals surface area contributed by atoms with Crippen molar-refractivity contribution in [2.75, 3.05) is 31.9 Å². The fourth-order valence-electron chi connectivity index (χ4n) is 3.82. The molecule has 2 saturated carbocycles. The average Bonchev–Trinajstić information content (AvgIpc) is 3.71. The summed E-state index contributed by atoms with van der Waals surface area (Å²) in [7, 11) is -3.51. The van der Waals surface area contributed by atoms with Crippen molar-refractivity contribution in [2.24, 2.45) is 0 Å². The number of piperazine rings is 1. The van der Waals surface area contributed by atoms with Crippen molar-refractivity contribution in [1.29, 1.82) is 0 Å². The van der Waals surface area contributed by atoms with E-state index in [1.807, 2.05) is 0 Å². The maximum absolute atomic E-state index is 12.7. The van der Waals surface area contributed by atoms with Crippen LogP contribution in [0.3, 0.4) is 0 Å². The van der Waals surface area contributed by atoms with Gasteiger partial charge in [-0.1, -0.05) is 30.0 Å². The largest absolute Gasteiger partial charge is 0.339 e. The molecule has 0 spiro atoms. The molecule has 2 aromatic rings. The summed E-state index contributed by atoms with van der Waals surface area (Å²) in [5, 5.41) is 9.59. The maximum atomic E-state index is 12.7. The predicted octanol–water partition coefficient (Wildman–Crippen LogP) is 2.12. The fourth-order valence-corrected chi connectivity index (χ4v) is 6.18. The third-order valence-electron chi connectivity index (χ3n) is 5.84. The van der Waals surface area contributed by atoms with E-state index in [4.69, 9.17) is 0 Å². The van der Waals surface area contributed by atoms with Crippen molar-refractivity contribution in [1.82, 2.24) is 24.0 Å². The molecule has 0 unspecified atom stereocenters. The quantitative estimate of drug-likeness (QED) is 0.604. The monoisotopic (exact) mass is 447 g/mol. The lowest BCUT2D eigenvalue weighted by molar-refractivity contribution is -0.129. The van der Waals surface area contributed by atoms with E-state index in [0.29, 0.717) is 48.8 Å². The standard InChI is InChI=1S/C20H25N5O3S2/c26-18(14-29-20-22-21-19(15-6-7-15)25(20)16-8-9-16)23-10-12-24(13-11-23)30(27,28)17-4-2-1-3-5-17/h1-5,15-16H,6-14H2. The van der Waals surface area contributed by atoms with E-state index in [1.165, 1.54) is 28.9 Å². The normalized spacial score (nSPS) is 20.5. The summed E-state index contributed by atoms with van der Waals surface area (Å²) in [5.41, 5.74) is 0. The molecule has 30 heavy (non-hydrogen) atoms. The van der Waals surface area contributed by atoms with Gasteiger partial charge in [-0.2, -0.15) is 4.31 Å². The molecule has 2 aliphatic carbocycles. The zero-order chi connectivity index (χ0) is 20.7. The number of carbonyl (C=O) groups excluding carboxylic acids is 1. The molecule has 2 heterocycles. The van der Waals surface area contributed by atoms with Gasteiger partial charge >= 0.3 is 0 Å². The lowest BCUT2D eigenvalue weighted by atomic mass is 10.3. The highest BCUT2D eigenvalue weighted by molar-refractivity contribution is 7.99. The van der Waals surface area contributed by atoms with E-state index in [2.05, 4.69) is 14.8 Å². The van der Waals surface area contributed by atoms with Crippen molar-refractivity contribution in [3.05, 3.63) is 36.2 Å². The van der Waals surface area contributed by atoms with Gasteiger partial charge in [-0.3, -0.25) is 4.79 Å².